The zero-order valence-corrected chi connectivity index (χ0v) is 17.4. The molecule has 2 rings (SSSR count). The van der Waals surface area contributed by atoms with Gasteiger partial charge in [-0.2, -0.15) is 0 Å². The molecule has 2 aromatic carbocycles. The predicted octanol–water partition coefficient (Wildman–Crippen LogP) is 4.90. The van der Waals surface area contributed by atoms with E-state index in [9.17, 15) is 4.79 Å². The van der Waals surface area contributed by atoms with Crippen LogP contribution in [-0.4, -0.2) is 26.1 Å². The number of ether oxygens (including phenoxy) is 1. The van der Waals surface area contributed by atoms with E-state index >= 15 is 0 Å². The first-order valence-corrected chi connectivity index (χ1v) is 9.71. The van der Waals surface area contributed by atoms with Gasteiger partial charge in [-0.1, -0.05) is 26.0 Å². The SMILES string of the molecule is CCN(CC)c1ccc(CNC(=O)c2cc(C(C)C)c(OC)cc2C)cc1. The van der Waals surface area contributed by atoms with Gasteiger partial charge in [0.15, 0.2) is 0 Å². The van der Waals surface area contributed by atoms with E-state index in [1.807, 2.05) is 19.1 Å². The van der Waals surface area contributed by atoms with E-state index in [0.29, 0.717) is 18.0 Å². The molecular formula is C23H32N2O2. The van der Waals surface area contributed by atoms with Crippen molar-refractivity contribution in [2.45, 2.75) is 47.1 Å². The molecule has 4 heteroatoms. The van der Waals surface area contributed by atoms with Crippen LogP contribution < -0.4 is 15.0 Å². The van der Waals surface area contributed by atoms with Gasteiger partial charge in [-0.3, -0.25) is 4.79 Å². The van der Waals surface area contributed by atoms with Crippen LogP contribution in [0.3, 0.4) is 0 Å². The molecule has 0 saturated heterocycles. The second-order valence-electron chi connectivity index (χ2n) is 7.09. The lowest BCUT2D eigenvalue weighted by atomic mass is 9.96. The fourth-order valence-electron chi connectivity index (χ4n) is 3.26. The maximum Gasteiger partial charge on any atom is 0.251 e. The molecule has 0 fully saturated rings. The van der Waals surface area contributed by atoms with Gasteiger partial charge in [0.25, 0.3) is 5.91 Å². The summed E-state index contributed by atoms with van der Waals surface area (Å²) < 4.78 is 5.46. The van der Waals surface area contributed by atoms with Crippen molar-refractivity contribution in [3.63, 3.8) is 0 Å². The number of nitrogens with zero attached hydrogens (tertiary/aromatic N) is 1. The van der Waals surface area contributed by atoms with Crippen LogP contribution in [0, 0.1) is 6.92 Å². The fraction of sp³-hybridized carbons (Fsp3) is 0.435. The summed E-state index contributed by atoms with van der Waals surface area (Å²) in [5, 5.41) is 3.04. The van der Waals surface area contributed by atoms with E-state index in [0.717, 1.165) is 35.5 Å². The zero-order valence-electron chi connectivity index (χ0n) is 17.4. The number of nitrogens with one attached hydrogen (secondary N) is 1. The molecule has 1 N–H and O–H groups in total. The number of hydrogen-bond acceptors (Lipinski definition) is 3. The Bertz CT molecular complexity index is 763. The first-order chi connectivity index (χ1) is 12.9. The topological polar surface area (TPSA) is 41.6 Å². The smallest absolute Gasteiger partial charge is 0.251 e. The van der Waals surface area contributed by atoms with Crippen molar-refractivity contribution in [3.05, 3.63) is 58.7 Å². The van der Waals surface area contributed by atoms with Crippen molar-refractivity contribution in [2.24, 2.45) is 0 Å². The molecular weight excluding hydrogens is 336 g/mol. The Morgan fingerprint density at radius 2 is 1.74 bits per heavy atom. The molecule has 0 saturated carbocycles. The third kappa shape index (κ3) is 5.03. The van der Waals surface area contributed by atoms with E-state index in [-0.39, 0.29) is 5.91 Å². The van der Waals surface area contributed by atoms with Crippen LogP contribution in [0.4, 0.5) is 5.69 Å². The van der Waals surface area contributed by atoms with Gasteiger partial charge in [0.1, 0.15) is 5.75 Å². The minimum atomic E-state index is -0.0510. The number of carbonyl (C=O) groups excluding carboxylic acids is 1. The number of hydrogen-bond donors (Lipinski definition) is 1. The third-order valence-electron chi connectivity index (χ3n) is 4.96. The van der Waals surface area contributed by atoms with Crippen LogP contribution in [0.5, 0.6) is 5.75 Å². The second-order valence-corrected chi connectivity index (χ2v) is 7.09. The Kier molecular flexibility index (Phi) is 7.28. The van der Waals surface area contributed by atoms with Gasteiger partial charge in [0.05, 0.1) is 7.11 Å². The van der Waals surface area contributed by atoms with Crippen molar-refractivity contribution in [1.29, 1.82) is 0 Å². The van der Waals surface area contributed by atoms with Gasteiger partial charge in [-0.05, 0) is 67.6 Å². The number of benzene rings is 2. The number of carbonyl (C=O) groups is 1. The molecule has 0 aliphatic heterocycles. The van der Waals surface area contributed by atoms with Crippen LogP contribution >= 0.6 is 0 Å². The van der Waals surface area contributed by atoms with Gasteiger partial charge >= 0.3 is 0 Å². The average molecular weight is 369 g/mol. The van der Waals surface area contributed by atoms with Gasteiger partial charge in [-0.25, -0.2) is 0 Å². The molecule has 0 atom stereocenters. The van der Waals surface area contributed by atoms with Crippen molar-refractivity contribution >= 4 is 11.6 Å². The number of methoxy groups -OCH3 is 1. The van der Waals surface area contributed by atoms with E-state index in [1.54, 1.807) is 7.11 Å². The maximum absolute atomic E-state index is 12.7. The van der Waals surface area contributed by atoms with Crippen LogP contribution in [-0.2, 0) is 6.54 Å². The van der Waals surface area contributed by atoms with Crippen LogP contribution in [0.1, 0.15) is 60.7 Å². The quantitative estimate of drug-likeness (QED) is 0.720. The maximum atomic E-state index is 12.7. The summed E-state index contributed by atoms with van der Waals surface area (Å²) in [6, 6.07) is 12.3. The Morgan fingerprint density at radius 1 is 1.11 bits per heavy atom. The first kappa shape index (κ1) is 20.8. The summed E-state index contributed by atoms with van der Waals surface area (Å²) in [6.45, 7) is 12.9. The normalized spacial score (nSPS) is 10.8. The average Bonchev–Trinajstić information content (AvgIpc) is 2.67. The first-order valence-electron chi connectivity index (χ1n) is 9.71. The Balaban J connectivity index is 2.10. The van der Waals surface area contributed by atoms with Crippen LogP contribution in [0.15, 0.2) is 36.4 Å². The number of amides is 1. The van der Waals surface area contributed by atoms with Gasteiger partial charge in [-0.15, -0.1) is 0 Å². The lowest BCUT2D eigenvalue weighted by molar-refractivity contribution is 0.0950. The monoisotopic (exact) mass is 368 g/mol. The van der Waals surface area contributed by atoms with Crippen molar-refractivity contribution < 1.29 is 9.53 Å². The number of rotatable bonds is 8. The highest BCUT2D eigenvalue weighted by Crippen LogP contribution is 2.29. The molecule has 0 aliphatic carbocycles. The summed E-state index contributed by atoms with van der Waals surface area (Å²) >= 11 is 0. The minimum absolute atomic E-state index is 0.0510. The predicted molar refractivity (Wildman–Crippen MR) is 113 cm³/mol. The van der Waals surface area contributed by atoms with E-state index in [4.69, 9.17) is 4.74 Å². The Morgan fingerprint density at radius 3 is 2.26 bits per heavy atom. The molecule has 1 amide bonds. The van der Waals surface area contributed by atoms with Crippen LogP contribution in [0.25, 0.3) is 0 Å². The fourth-order valence-corrected chi connectivity index (χ4v) is 3.26. The van der Waals surface area contributed by atoms with E-state index < -0.39 is 0 Å². The molecule has 0 aromatic heterocycles. The van der Waals surface area contributed by atoms with Crippen LogP contribution in [0.2, 0.25) is 0 Å². The van der Waals surface area contributed by atoms with Gasteiger partial charge in [0.2, 0.25) is 0 Å². The molecule has 0 bridgehead atoms. The molecule has 2 aromatic rings. The third-order valence-corrected chi connectivity index (χ3v) is 4.96. The highest BCUT2D eigenvalue weighted by Gasteiger charge is 2.15. The molecule has 0 unspecified atom stereocenters. The molecule has 27 heavy (non-hydrogen) atoms. The molecule has 146 valence electrons. The molecule has 4 nitrogen and oxygen atoms in total. The highest BCUT2D eigenvalue weighted by molar-refractivity contribution is 5.96. The van der Waals surface area contributed by atoms with Crippen molar-refractivity contribution in [3.8, 4) is 5.75 Å². The summed E-state index contributed by atoms with van der Waals surface area (Å²) in [7, 11) is 1.67. The molecule has 0 radical (unpaired) electrons. The van der Waals surface area contributed by atoms with Crippen molar-refractivity contribution in [2.75, 3.05) is 25.1 Å². The number of anilines is 1. The Labute approximate surface area is 163 Å². The lowest BCUT2D eigenvalue weighted by Gasteiger charge is -2.21. The number of aryl methyl sites for hydroxylation is 1. The largest absolute Gasteiger partial charge is 0.496 e. The highest BCUT2D eigenvalue weighted by atomic mass is 16.5. The summed E-state index contributed by atoms with van der Waals surface area (Å²) in [5.74, 6) is 1.08. The second kappa shape index (κ2) is 9.45. The van der Waals surface area contributed by atoms with E-state index in [1.165, 1.54) is 5.69 Å². The summed E-state index contributed by atoms with van der Waals surface area (Å²) in [4.78, 5) is 15.0. The zero-order chi connectivity index (χ0) is 20.0. The summed E-state index contributed by atoms with van der Waals surface area (Å²) in [5.41, 5.74) is 4.99. The molecule has 0 spiro atoms. The lowest BCUT2D eigenvalue weighted by Crippen LogP contribution is -2.24. The van der Waals surface area contributed by atoms with Gasteiger partial charge in [0, 0.05) is 30.9 Å². The van der Waals surface area contributed by atoms with E-state index in [2.05, 4.69) is 62.2 Å². The molecule has 0 aliphatic rings. The minimum Gasteiger partial charge on any atom is -0.496 e. The van der Waals surface area contributed by atoms with Gasteiger partial charge < -0.3 is 15.0 Å². The summed E-state index contributed by atoms with van der Waals surface area (Å²) in [6.07, 6.45) is 0. The molecule has 0 heterocycles. The Hall–Kier alpha value is -2.49. The van der Waals surface area contributed by atoms with Crippen molar-refractivity contribution in [1.82, 2.24) is 5.32 Å². The standard InChI is InChI=1S/C23H32N2O2/c1-7-25(8-2)19-11-9-18(10-12-19)15-24-23(26)21-14-20(16(3)4)22(27-6)13-17(21)5/h9-14,16H,7-8,15H2,1-6H3,(H,24,26).